The van der Waals surface area contributed by atoms with Gasteiger partial charge in [0.25, 0.3) is 0 Å². The predicted octanol–water partition coefficient (Wildman–Crippen LogP) is 3.64. The van der Waals surface area contributed by atoms with Crippen molar-refractivity contribution in [1.29, 1.82) is 5.26 Å². The molecule has 2 aromatic rings. The van der Waals surface area contributed by atoms with Crippen molar-refractivity contribution in [2.75, 3.05) is 5.32 Å². The van der Waals surface area contributed by atoms with E-state index >= 15 is 0 Å². The number of carbonyl (C=O) groups is 1. The highest BCUT2D eigenvalue weighted by Crippen LogP contribution is 2.22. The van der Waals surface area contributed by atoms with Gasteiger partial charge in [0.15, 0.2) is 5.78 Å². The second kappa shape index (κ2) is 5.32. The van der Waals surface area contributed by atoms with Crippen LogP contribution in [0.25, 0.3) is 0 Å². The molecule has 0 amide bonds. The Labute approximate surface area is 110 Å². The summed E-state index contributed by atoms with van der Waals surface area (Å²) in [6.07, 6.45) is 0. The molecule has 0 aromatic heterocycles. The molecule has 0 heterocycles. The van der Waals surface area contributed by atoms with Gasteiger partial charge in [-0.3, -0.25) is 4.79 Å². The highest BCUT2D eigenvalue weighted by Gasteiger charge is 2.07. The van der Waals surface area contributed by atoms with E-state index in [1.807, 2.05) is 6.07 Å². The average Bonchev–Trinajstić information content (AvgIpc) is 2.39. The van der Waals surface area contributed by atoms with Crippen LogP contribution in [-0.4, -0.2) is 5.78 Å². The van der Waals surface area contributed by atoms with E-state index < -0.39 is 5.82 Å². The molecule has 2 rings (SSSR count). The van der Waals surface area contributed by atoms with Crippen LogP contribution in [0.15, 0.2) is 42.5 Å². The van der Waals surface area contributed by atoms with Gasteiger partial charge in [0, 0.05) is 11.3 Å². The van der Waals surface area contributed by atoms with Crippen LogP contribution < -0.4 is 5.32 Å². The average molecular weight is 254 g/mol. The number of benzene rings is 2. The number of rotatable bonds is 3. The number of halogens is 1. The van der Waals surface area contributed by atoms with Gasteiger partial charge in [-0.2, -0.15) is 5.26 Å². The van der Waals surface area contributed by atoms with Crippen molar-refractivity contribution in [3.63, 3.8) is 0 Å². The molecule has 0 bridgehead atoms. The second-order valence-corrected chi connectivity index (χ2v) is 4.03. The number of nitrogens with one attached hydrogen (secondary N) is 1. The topological polar surface area (TPSA) is 52.9 Å². The molecule has 0 atom stereocenters. The normalized spacial score (nSPS) is 9.74. The third-order valence-electron chi connectivity index (χ3n) is 2.70. The van der Waals surface area contributed by atoms with Gasteiger partial charge < -0.3 is 5.32 Å². The van der Waals surface area contributed by atoms with Gasteiger partial charge in [0.1, 0.15) is 17.4 Å². The summed E-state index contributed by atoms with van der Waals surface area (Å²) in [5.41, 5.74) is 1.66. The molecule has 94 valence electrons. The highest BCUT2D eigenvalue weighted by atomic mass is 19.1. The van der Waals surface area contributed by atoms with E-state index in [2.05, 4.69) is 5.32 Å². The van der Waals surface area contributed by atoms with Crippen LogP contribution in [0.2, 0.25) is 0 Å². The third-order valence-corrected chi connectivity index (χ3v) is 2.70. The van der Waals surface area contributed by atoms with Crippen LogP contribution in [0.1, 0.15) is 22.8 Å². The molecule has 0 saturated heterocycles. The third kappa shape index (κ3) is 2.78. The number of anilines is 2. The zero-order chi connectivity index (χ0) is 13.8. The molecule has 2 aromatic carbocycles. The summed E-state index contributed by atoms with van der Waals surface area (Å²) in [6.45, 7) is 1.49. The van der Waals surface area contributed by atoms with Crippen molar-refractivity contribution >= 4 is 17.2 Å². The quantitative estimate of drug-likeness (QED) is 0.851. The van der Waals surface area contributed by atoms with Gasteiger partial charge in [-0.05, 0) is 43.3 Å². The van der Waals surface area contributed by atoms with Crippen molar-refractivity contribution in [2.24, 2.45) is 0 Å². The zero-order valence-electron chi connectivity index (χ0n) is 10.3. The Bertz CT molecular complexity index is 657. The summed E-state index contributed by atoms with van der Waals surface area (Å²) in [5.74, 6) is -0.581. The molecular weight excluding hydrogens is 243 g/mol. The van der Waals surface area contributed by atoms with Crippen LogP contribution in [0.5, 0.6) is 0 Å². The van der Waals surface area contributed by atoms with E-state index in [1.54, 1.807) is 30.3 Å². The minimum Gasteiger partial charge on any atom is -0.354 e. The summed E-state index contributed by atoms with van der Waals surface area (Å²) in [7, 11) is 0. The number of ketones is 1. The van der Waals surface area contributed by atoms with E-state index in [9.17, 15) is 9.18 Å². The van der Waals surface area contributed by atoms with Crippen molar-refractivity contribution in [2.45, 2.75) is 6.92 Å². The maximum atomic E-state index is 13.4. The first-order chi connectivity index (χ1) is 9.11. The Hall–Kier alpha value is -2.67. The number of hydrogen-bond donors (Lipinski definition) is 1. The summed E-state index contributed by atoms with van der Waals surface area (Å²) >= 11 is 0. The van der Waals surface area contributed by atoms with E-state index in [4.69, 9.17) is 5.26 Å². The molecule has 0 spiro atoms. The van der Waals surface area contributed by atoms with Crippen LogP contribution in [0.3, 0.4) is 0 Å². The summed E-state index contributed by atoms with van der Waals surface area (Å²) in [4.78, 5) is 11.1. The Morgan fingerprint density at radius 2 is 1.89 bits per heavy atom. The van der Waals surface area contributed by atoms with Crippen molar-refractivity contribution in [3.05, 3.63) is 59.4 Å². The fourth-order valence-electron chi connectivity index (χ4n) is 1.69. The lowest BCUT2D eigenvalue weighted by Crippen LogP contribution is -1.97. The monoisotopic (exact) mass is 254 g/mol. The van der Waals surface area contributed by atoms with Gasteiger partial charge in [0.05, 0.1) is 5.69 Å². The van der Waals surface area contributed by atoms with Crippen molar-refractivity contribution < 1.29 is 9.18 Å². The SMILES string of the molecule is CC(=O)c1ccc(Nc2cccc(F)c2C#N)cc1. The molecule has 0 aliphatic heterocycles. The van der Waals surface area contributed by atoms with Gasteiger partial charge >= 0.3 is 0 Å². The molecule has 1 N–H and O–H groups in total. The molecule has 0 aliphatic carbocycles. The molecule has 0 aliphatic rings. The lowest BCUT2D eigenvalue weighted by atomic mass is 10.1. The Morgan fingerprint density at radius 3 is 2.47 bits per heavy atom. The molecule has 19 heavy (non-hydrogen) atoms. The summed E-state index contributed by atoms with van der Waals surface area (Å²) in [5, 5.41) is 11.9. The first kappa shape index (κ1) is 12.8. The lowest BCUT2D eigenvalue weighted by molar-refractivity contribution is 0.101. The van der Waals surface area contributed by atoms with Gasteiger partial charge in [-0.15, -0.1) is 0 Å². The molecule has 0 fully saturated rings. The summed E-state index contributed by atoms with van der Waals surface area (Å²) in [6, 6.07) is 13.0. The van der Waals surface area contributed by atoms with E-state index in [0.29, 0.717) is 16.9 Å². The fourth-order valence-corrected chi connectivity index (χ4v) is 1.69. The molecule has 0 saturated carbocycles. The maximum absolute atomic E-state index is 13.4. The Kier molecular flexibility index (Phi) is 3.58. The smallest absolute Gasteiger partial charge is 0.159 e. The zero-order valence-corrected chi connectivity index (χ0v) is 10.3. The molecule has 0 radical (unpaired) electrons. The van der Waals surface area contributed by atoms with Gasteiger partial charge in [0.2, 0.25) is 0 Å². The number of nitrogens with zero attached hydrogens (tertiary/aromatic N) is 1. The Morgan fingerprint density at radius 1 is 1.21 bits per heavy atom. The minimum absolute atomic E-state index is 0.0185. The first-order valence-electron chi connectivity index (χ1n) is 5.68. The van der Waals surface area contributed by atoms with Crippen molar-refractivity contribution in [1.82, 2.24) is 0 Å². The molecular formula is C15H11FN2O. The fraction of sp³-hybridized carbons (Fsp3) is 0.0667. The number of carbonyl (C=O) groups excluding carboxylic acids is 1. The van der Waals surface area contributed by atoms with Crippen LogP contribution >= 0.6 is 0 Å². The van der Waals surface area contributed by atoms with E-state index in [1.165, 1.54) is 19.1 Å². The maximum Gasteiger partial charge on any atom is 0.159 e. The summed E-state index contributed by atoms with van der Waals surface area (Å²) < 4.78 is 13.4. The van der Waals surface area contributed by atoms with Crippen molar-refractivity contribution in [3.8, 4) is 6.07 Å². The predicted molar refractivity (Wildman–Crippen MR) is 70.8 cm³/mol. The largest absolute Gasteiger partial charge is 0.354 e. The van der Waals surface area contributed by atoms with Crippen LogP contribution in [0.4, 0.5) is 15.8 Å². The lowest BCUT2D eigenvalue weighted by Gasteiger charge is -2.09. The van der Waals surface area contributed by atoms with Gasteiger partial charge in [-0.25, -0.2) is 4.39 Å². The highest BCUT2D eigenvalue weighted by molar-refractivity contribution is 5.94. The molecule has 4 heteroatoms. The van der Waals surface area contributed by atoms with Crippen LogP contribution in [-0.2, 0) is 0 Å². The number of nitriles is 1. The first-order valence-corrected chi connectivity index (χ1v) is 5.68. The molecule has 3 nitrogen and oxygen atoms in total. The Balaban J connectivity index is 2.29. The second-order valence-electron chi connectivity index (χ2n) is 4.03. The standard InChI is InChI=1S/C15H11FN2O/c1-10(19)11-5-7-12(8-6-11)18-15-4-2-3-14(16)13(15)9-17/h2-8,18H,1H3. The van der Waals surface area contributed by atoms with Crippen LogP contribution in [0, 0.1) is 17.1 Å². The molecule has 0 unspecified atom stereocenters. The van der Waals surface area contributed by atoms with Gasteiger partial charge in [-0.1, -0.05) is 6.07 Å². The van der Waals surface area contributed by atoms with E-state index in [0.717, 1.165) is 0 Å². The minimum atomic E-state index is -0.562. The number of hydrogen-bond acceptors (Lipinski definition) is 3. The van der Waals surface area contributed by atoms with E-state index in [-0.39, 0.29) is 11.3 Å². The number of Topliss-reactive ketones (excluding diaryl/α,β-unsaturated/α-hetero) is 1.